The zero-order valence-corrected chi connectivity index (χ0v) is 12.7. The molecular weight excluding hydrogens is 304 g/mol. The summed E-state index contributed by atoms with van der Waals surface area (Å²) in [7, 11) is 0. The van der Waals surface area contributed by atoms with Crippen LogP contribution in [0.5, 0.6) is 0 Å². The number of thioether (sulfide) groups is 1. The van der Waals surface area contributed by atoms with Crippen molar-refractivity contribution in [2.24, 2.45) is 0 Å². The molecule has 0 aromatic heterocycles. The van der Waals surface area contributed by atoms with Gasteiger partial charge in [0.2, 0.25) is 0 Å². The van der Waals surface area contributed by atoms with Crippen LogP contribution in [0.2, 0.25) is 5.02 Å². The molecule has 0 aliphatic heterocycles. The fourth-order valence-electron chi connectivity index (χ4n) is 1.66. The van der Waals surface area contributed by atoms with Crippen LogP contribution in [-0.4, -0.2) is 18.2 Å². The summed E-state index contributed by atoms with van der Waals surface area (Å²) in [5.41, 5.74) is 1.11. The summed E-state index contributed by atoms with van der Waals surface area (Å²) in [5.74, 6) is 0.653. The van der Waals surface area contributed by atoms with E-state index in [2.05, 4.69) is 5.32 Å². The quantitative estimate of drug-likeness (QED) is 0.675. The van der Waals surface area contributed by atoms with Gasteiger partial charge in [0.05, 0.1) is 11.6 Å². The van der Waals surface area contributed by atoms with Gasteiger partial charge >= 0.3 is 0 Å². The van der Waals surface area contributed by atoms with E-state index in [1.807, 2.05) is 30.3 Å². The minimum absolute atomic E-state index is 0.129. The Bertz CT molecular complexity index is 647. The molecule has 0 aliphatic rings. The van der Waals surface area contributed by atoms with E-state index in [1.54, 1.807) is 36.0 Å². The summed E-state index contributed by atoms with van der Waals surface area (Å²) < 4.78 is 0. The average Bonchev–Trinajstić information content (AvgIpc) is 2.53. The summed E-state index contributed by atoms with van der Waals surface area (Å²) >= 11 is 7.47. The maximum Gasteiger partial charge on any atom is 0.251 e. The number of hydrogen-bond donors (Lipinski definition) is 1. The van der Waals surface area contributed by atoms with Gasteiger partial charge in [-0.2, -0.15) is 5.26 Å². The second-order valence-electron chi connectivity index (χ2n) is 4.25. The van der Waals surface area contributed by atoms with Crippen LogP contribution in [-0.2, 0) is 0 Å². The van der Waals surface area contributed by atoms with Crippen LogP contribution in [0.15, 0.2) is 53.4 Å². The van der Waals surface area contributed by atoms with E-state index < -0.39 is 0 Å². The highest BCUT2D eigenvalue weighted by Crippen LogP contribution is 2.19. The maximum atomic E-state index is 11.9. The summed E-state index contributed by atoms with van der Waals surface area (Å²) in [6, 6.07) is 16.2. The molecule has 106 valence electrons. The molecule has 0 spiro atoms. The van der Waals surface area contributed by atoms with E-state index in [9.17, 15) is 4.79 Å². The first-order valence-electron chi connectivity index (χ1n) is 6.36. The van der Waals surface area contributed by atoms with Gasteiger partial charge in [0, 0.05) is 27.8 Å². The minimum atomic E-state index is -0.129. The Hall–Kier alpha value is -1.96. The lowest BCUT2D eigenvalue weighted by molar-refractivity contribution is 0.0956. The van der Waals surface area contributed by atoms with Gasteiger partial charge in [-0.3, -0.25) is 4.79 Å². The van der Waals surface area contributed by atoms with Crippen LogP contribution in [0.4, 0.5) is 0 Å². The zero-order valence-electron chi connectivity index (χ0n) is 11.2. The van der Waals surface area contributed by atoms with E-state index in [0.29, 0.717) is 22.7 Å². The molecule has 0 saturated carbocycles. The molecule has 0 fully saturated rings. The molecule has 1 N–H and O–H groups in total. The highest BCUT2D eigenvalue weighted by Gasteiger charge is 2.04. The average molecular weight is 317 g/mol. The van der Waals surface area contributed by atoms with Gasteiger partial charge in [-0.05, 0) is 48.5 Å². The fourth-order valence-corrected chi connectivity index (χ4v) is 2.56. The van der Waals surface area contributed by atoms with Crippen LogP contribution in [0.1, 0.15) is 15.9 Å². The summed E-state index contributed by atoms with van der Waals surface area (Å²) in [6.45, 7) is 0.576. The third-order valence-corrected chi connectivity index (χ3v) is 4.01. The van der Waals surface area contributed by atoms with Gasteiger partial charge in [0.1, 0.15) is 0 Å². The van der Waals surface area contributed by atoms with E-state index in [0.717, 1.165) is 10.6 Å². The summed E-state index contributed by atoms with van der Waals surface area (Å²) in [4.78, 5) is 13.0. The van der Waals surface area contributed by atoms with Gasteiger partial charge in [0.15, 0.2) is 0 Å². The molecule has 0 unspecified atom stereocenters. The molecule has 0 bridgehead atoms. The Kier molecular flexibility index (Phi) is 5.68. The van der Waals surface area contributed by atoms with Crippen LogP contribution in [0, 0.1) is 11.3 Å². The number of nitrogens with zero attached hydrogens (tertiary/aromatic N) is 1. The molecule has 0 aliphatic carbocycles. The number of carbonyl (C=O) groups is 1. The van der Waals surface area contributed by atoms with Gasteiger partial charge < -0.3 is 5.32 Å². The predicted molar refractivity (Wildman–Crippen MR) is 85.7 cm³/mol. The van der Waals surface area contributed by atoms with Crippen LogP contribution >= 0.6 is 23.4 Å². The van der Waals surface area contributed by atoms with E-state index in [4.69, 9.17) is 16.9 Å². The van der Waals surface area contributed by atoms with Crippen molar-refractivity contribution < 1.29 is 4.79 Å². The third kappa shape index (κ3) is 4.82. The molecule has 5 heteroatoms. The van der Waals surface area contributed by atoms with E-state index in [-0.39, 0.29) is 5.91 Å². The van der Waals surface area contributed by atoms with E-state index >= 15 is 0 Å². The molecule has 0 heterocycles. The second kappa shape index (κ2) is 7.72. The van der Waals surface area contributed by atoms with E-state index in [1.165, 1.54) is 0 Å². The number of halogens is 1. The number of nitriles is 1. The molecular formula is C16H13ClN2OS. The third-order valence-electron chi connectivity index (χ3n) is 2.75. The van der Waals surface area contributed by atoms with Gasteiger partial charge in [-0.1, -0.05) is 11.6 Å². The molecule has 3 nitrogen and oxygen atoms in total. The van der Waals surface area contributed by atoms with Crippen molar-refractivity contribution in [3.05, 3.63) is 64.7 Å². The van der Waals surface area contributed by atoms with Crippen molar-refractivity contribution in [2.75, 3.05) is 12.3 Å². The summed E-state index contributed by atoms with van der Waals surface area (Å²) in [6.07, 6.45) is 0. The largest absolute Gasteiger partial charge is 0.351 e. The lowest BCUT2D eigenvalue weighted by Gasteiger charge is -2.05. The first-order chi connectivity index (χ1) is 10.2. The minimum Gasteiger partial charge on any atom is -0.351 e. The van der Waals surface area contributed by atoms with Crippen LogP contribution in [0.25, 0.3) is 0 Å². The van der Waals surface area contributed by atoms with Gasteiger partial charge in [-0.15, -0.1) is 11.8 Å². The Morgan fingerprint density at radius 2 is 1.81 bits per heavy atom. The van der Waals surface area contributed by atoms with Crippen molar-refractivity contribution in [3.8, 4) is 6.07 Å². The van der Waals surface area contributed by atoms with Gasteiger partial charge in [0.25, 0.3) is 5.91 Å². The van der Waals surface area contributed by atoms with Crippen molar-refractivity contribution in [1.29, 1.82) is 5.26 Å². The summed E-state index contributed by atoms with van der Waals surface area (Å²) in [5, 5.41) is 12.3. The number of rotatable bonds is 5. The topological polar surface area (TPSA) is 52.9 Å². The number of hydrogen-bond acceptors (Lipinski definition) is 3. The van der Waals surface area contributed by atoms with Crippen LogP contribution in [0.3, 0.4) is 0 Å². The lowest BCUT2D eigenvalue weighted by atomic mass is 10.1. The standard InChI is InChI=1S/C16H13ClN2OS/c17-14-5-7-15(8-6-14)21-10-9-19-16(20)13-3-1-12(11-18)2-4-13/h1-8H,9-10H2,(H,19,20). The second-order valence-corrected chi connectivity index (χ2v) is 5.85. The maximum absolute atomic E-state index is 11.9. The molecule has 2 aromatic rings. The molecule has 21 heavy (non-hydrogen) atoms. The Morgan fingerprint density at radius 1 is 1.14 bits per heavy atom. The first-order valence-corrected chi connectivity index (χ1v) is 7.72. The SMILES string of the molecule is N#Cc1ccc(C(=O)NCCSc2ccc(Cl)cc2)cc1. The Morgan fingerprint density at radius 3 is 2.43 bits per heavy atom. The monoisotopic (exact) mass is 316 g/mol. The first kappa shape index (κ1) is 15.4. The molecule has 2 rings (SSSR count). The highest BCUT2D eigenvalue weighted by atomic mass is 35.5. The molecule has 1 amide bonds. The number of nitrogens with one attached hydrogen (secondary N) is 1. The van der Waals surface area contributed by atoms with Crippen molar-refractivity contribution in [3.63, 3.8) is 0 Å². The normalized spacial score (nSPS) is 9.90. The van der Waals surface area contributed by atoms with Crippen molar-refractivity contribution >= 4 is 29.3 Å². The Labute approximate surface area is 132 Å². The van der Waals surface area contributed by atoms with Crippen molar-refractivity contribution in [2.45, 2.75) is 4.90 Å². The van der Waals surface area contributed by atoms with Crippen LogP contribution < -0.4 is 5.32 Å². The smallest absolute Gasteiger partial charge is 0.251 e. The molecule has 2 aromatic carbocycles. The predicted octanol–water partition coefficient (Wildman–Crippen LogP) is 3.73. The van der Waals surface area contributed by atoms with Crippen molar-refractivity contribution in [1.82, 2.24) is 5.32 Å². The fraction of sp³-hybridized carbons (Fsp3) is 0.125. The molecule has 0 radical (unpaired) electrons. The Balaban J connectivity index is 1.76. The highest BCUT2D eigenvalue weighted by molar-refractivity contribution is 7.99. The van der Waals surface area contributed by atoms with Gasteiger partial charge in [-0.25, -0.2) is 0 Å². The number of carbonyl (C=O) groups excluding carboxylic acids is 1. The molecule has 0 atom stereocenters. The zero-order chi connectivity index (χ0) is 15.1. The molecule has 0 saturated heterocycles. The number of amides is 1. The number of benzene rings is 2. The lowest BCUT2D eigenvalue weighted by Crippen LogP contribution is -2.25.